The molecule has 2 heterocycles. The molecule has 3 rings (SSSR count). The van der Waals surface area contributed by atoms with Crippen LogP contribution in [0.1, 0.15) is 21.6 Å². The van der Waals surface area contributed by atoms with Gasteiger partial charge in [-0.3, -0.25) is 9.29 Å². The van der Waals surface area contributed by atoms with Crippen molar-refractivity contribution in [1.82, 2.24) is 14.6 Å². The predicted octanol–water partition coefficient (Wildman–Crippen LogP) is 1.76. The van der Waals surface area contributed by atoms with E-state index in [0.29, 0.717) is 43.1 Å². The van der Waals surface area contributed by atoms with E-state index in [4.69, 9.17) is 0 Å². The van der Waals surface area contributed by atoms with Crippen LogP contribution in [0, 0.1) is 6.92 Å². The molecule has 8 nitrogen and oxygen atoms in total. The summed E-state index contributed by atoms with van der Waals surface area (Å²) in [5.41, 5.74) is 2.40. The lowest BCUT2D eigenvalue weighted by Crippen LogP contribution is -2.51. The second-order valence-corrected chi connectivity index (χ2v) is 8.39. The first-order chi connectivity index (χ1) is 13.4. The summed E-state index contributed by atoms with van der Waals surface area (Å²) in [7, 11) is -2.43. The topological polar surface area (TPSA) is 91.8 Å². The molecule has 1 fully saturated rings. The van der Waals surface area contributed by atoms with Gasteiger partial charge in [-0.1, -0.05) is 12.1 Å². The van der Waals surface area contributed by atoms with Crippen LogP contribution >= 0.6 is 12.4 Å². The van der Waals surface area contributed by atoms with Gasteiger partial charge in [0, 0.05) is 32.4 Å². The summed E-state index contributed by atoms with van der Waals surface area (Å²) in [5.74, 6) is -0.483. The largest absolute Gasteiger partial charge is 0.465 e. The number of piperazine rings is 1. The van der Waals surface area contributed by atoms with Gasteiger partial charge in [-0.2, -0.15) is 12.7 Å². The summed E-state index contributed by atoms with van der Waals surface area (Å²) in [6, 6.07) is 10.6. The smallest absolute Gasteiger partial charge is 0.339 e. The Morgan fingerprint density at radius 3 is 2.55 bits per heavy atom. The van der Waals surface area contributed by atoms with Crippen LogP contribution in [0.2, 0.25) is 0 Å². The number of hydrogen-bond acceptors (Lipinski definition) is 6. The van der Waals surface area contributed by atoms with Gasteiger partial charge in [0.25, 0.3) is 0 Å². The molecule has 0 radical (unpaired) electrons. The fourth-order valence-corrected chi connectivity index (χ4v) is 4.61. The highest BCUT2D eigenvalue weighted by atomic mass is 35.5. The van der Waals surface area contributed by atoms with Crippen molar-refractivity contribution in [3.05, 3.63) is 59.4 Å². The van der Waals surface area contributed by atoms with E-state index in [1.54, 1.807) is 18.2 Å². The lowest BCUT2D eigenvalue weighted by atomic mass is 10.2. The number of nitrogens with zero attached hydrogens (tertiary/aromatic N) is 3. The quantitative estimate of drug-likeness (QED) is 0.688. The zero-order valence-corrected chi connectivity index (χ0v) is 18.0. The summed E-state index contributed by atoms with van der Waals surface area (Å²) in [6.45, 7) is 4.05. The van der Waals surface area contributed by atoms with Gasteiger partial charge in [0.15, 0.2) is 0 Å². The van der Waals surface area contributed by atoms with E-state index >= 15 is 0 Å². The van der Waals surface area contributed by atoms with Crippen LogP contribution < -0.4 is 9.62 Å². The molecule has 0 spiro atoms. The standard InChI is InChI=1S/C19H24N4O4S.ClH/c1-15-4-3-5-18(12-15)23(28(25,26)22-10-8-20-9-11-22)14-17-7-6-16(13-21-17)19(24)27-2;/h3-7,12-13,20H,8-11,14H2,1-2H3;1H. The first kappa shape index (κ1) is 23.1. The van der Waals surface area contributed by atoms with Crippen molar-refractivity contribution in [3.63, 3.8) is 0 Å². The normalized spacial score (nSPS) is 14.7. The first-order valence-electron chi connectivity index (χ1n) is 9.00. The van der Waals surface area contributed by atoms with E-state index in [2.05, 4.69) is 15.0 Å². The lowest BCUT2D eigenvalue weighted by Gasteiger charge is -2.33. The Morgan fingerprint density at radius 2 is 1.97 bits per heavy atom. The number of aryl methyl sites for hydroxylation is 1. The Bertz CT molecular complexity index is 931. The molecule has 29 heavy (non-hydrogen) atoms. The number of methoxy groups -OCH3 is 1. The molecule has 2 aromatic rings. The molecule has 0 bridgehead atoms. The molecule has 0 saturated carbocycles. The first-order valence-corrected chi connectivity index (χ1v) is 10.4. The molecule has 1 aromatic carbocycles. The van der Waals surface area contributed by atoms with Crippen LogP contribution in [0.25, 0.3) is 0 Å². The van der Waals surface area contributed by atoms with Crippen molar-refractivity contribution in [2.45, 2.75) is 13.5 Å². The van der Waals surface area contributed by atoms with Crippen LogP contribution in [0.4, 0.5) is 5.69 Å². The number of pyridine rings is 1. The molecule has 1 aliphatic rings. The monoisotopic (exact) mass is 440 g/mol. The maximum Gasteiger partial charge on any atom is 0.339 e. The van der Waals surface area contributed by atoms with Gasteiger partial charge < -0.3 is 10.1 Å². The molecule has 158 valence electrons. The van der Waals surface area contributed by atoms with Crippen molar-refractivity contribution in [3.8, 4) is 0 Å². The fourth-order valence-electron chi connectivity index (χ4n) is 3.01. The van der Waals surface area contributed by atoms with Crippen molar-refractivity contribution in [2.24, 2.45) is 0 Å². The number of carbonyl (C=O) groups excluding carboxylic acids is 1. The zero-order chi connectivity index (χ0) is 20.1. The molecule has 1 saturated heterocycles. The number of ether oxygens (including phenoxy) is 1. The molecule has 1 aromatic heterocycles. The third kappa shape index (κ3) is 5.45. The van der Waals surface area contributed by atoms with E-state index < -0.39 is 16.2 Å². The molecule has 0 atom stereocenters. The maximum atomic E-state index is 13.3. The van der Waals surface area contributed by atoms with Crippen LogP contribution in [0.5, 0.6) is 0 Å². The summed E-state index contributed by atoms with van der Waals surface area (Å²) < 4.78 is 34.2. The van der Waals surface area contributed by atoms with Crippen LogP contribution in [0.15, 0.2) is 42.6 Å². The molecule has 1 N–H and O–H groups in total. The molecular weight excluding hydrogens is 416 g/mol. The highest BCUT2D eigenvalue weighted by molar-refractivity contribution is 7.90. The van der Waals surface area contributed by atoms with E-state index in [-0.39, 0.29) is 19.0 Å². The fraction of sp³-hybridized carbons (Fsp3) is 0.368. The number of aromatic nitrogens is 1. The predicted molar refractivity (Wildman–Crippen MR) is 114 cm³/mol. The van der Waals surface area contributed by atoms with Gasteiger partial charge in [0.1, 0.15) is 0 Å². The van der Waals surface area contributed by atoms with Gasteiger partial charge in [0.05, 0.1) is 30.6 Å². The molecular formula is C19H25ClN4O4S. The second kappa shape index (κ2) is 10.0. The zero-order valence-electron chi connectivity index (χ0n) is 16.4. The Morgan fingerprint density at radius 1 is 1.24 bits per heavy atom. The van der Waals surface area contributed by atoms with Gasteiger partial charge in [-0.05, 0) is 36.8 Å². The number of benzene rings is 1. The van der Waals surface area contributed by atoms with Gasteiger partial charge in [-0.25, -0.2) is 4.79 Å². The van der Waals surface area contributed by atoms with Gasteiger partial charge in [-0.15, -0.1) is 12.4 Å². The number of hydrogen-bond donors (Lipinski definition) is 1. The van der Waals surface area contributed by atoms with Crippen molar-refractivity contribution in [1.29, 1.82) is 0 Å². The van der Waals surface area contributed by atoms with Crippen LogP contribution in [0.3, 0.4) is 0 Å². The minimum Gasteiger partial charge on any atom is -0.465 e. The molecule has 0 unspecified atom stereocenters. The average Bonchev–Trinajstić information content (AvgIpc) is 2.72. The number of halogens is 1. The highest BCUT2D eigenvalue weighted by Gasteiger charge is 2.31. The molecule has 1 aliphatic heterocycles. The Hall–Kier alpha value is -2.20. The van der Waals surface area contributed by atoms with E-state index in [9.17, 15) is 13.2 Å². The molecule has 0 amide bonds. The van der Waals surface area contributed by atoms with Gasteiger partial charge in [0.2, 0.25) is 0 Å². The maximum absolute atomic E-state index is 13.3. The number of anilines is 1. The van der Waals surface area contributed by atoms with Crippen molar-refractivity contribution in [2.75, 3.05) is 37.6 Å². The van der Waals surface area contributed by atoms with Crippen molar-refractivity contribution < 1.29 is 17.9 Å². The summed E-state index contributed by atoms with van der Waals surface area (Å²) in [4.78, 5) is 15.8. The Labute approximate surface area is 177 Å². The number of esters is 1. The number of carbonyl (C=O) groups is 1. The summed E-state index contributed by atoms with van der Waals surface area (Å²) >= 11 is 0. The van der Waals surface area contributed by atoms with Crippen LogP contribution in [-0.2, 0) is 21.5 Å². The SMILES string of the molecule is COC(=O)c1ccc(CN(c2cccc(C)c2)S(=O)(=O)N2CCNCC2)nc1.Cl. The lowest BCUT2D eigenvalue weighted by molar-refractivity contribution is 0.0600. The summed E-state index contributed by atoms with van der Waals surface area (Å²) in [6.07, 6.45) is 1.40. The Balaban J connectivity index is 0.00000300. The minimum absolute atomic E-state index is 0. The number of rotatable bonds is 6. The van der Waals surface area contributed by atoms with Gasteiger partial charge >= 0.3 is 16.2 Å². The van der Waals surface area contributed by atoms with E-state index in [0.717, 1.165) is 5.56 Å². The van der Waals surface area contributed by atoms with Crippen LogP contribution in [-0.4, -0.2) is 57.0 Å². The van der Waals surface area contributed by atoms with E-state index in [1.807, 2.05) is 25.1 Å². The molecule has 10 heteroatoms. The highest BCUT2D eigenvalue weighted by Crippen LogP contribution is 2.24. The third-order valence-electron chi connectivity index (χ3n) is 4.52. The average molecular weight is 441 g/mol. The van der Waals surface area contributed by atoms with Crippen molar-refractivity contribution >= 4 is 34.3 Å². The van der Waals surface area contributed by atoms with E-state index in [1.165, 1.54) is 21.9 Å². The molecule has 0 aliphatic carbocycles. The number of nitrogens with one attached hydrogen (secondary N) is 1. The summed E-state index contributed by atoms with van der Waals surface area (Å²) in [5, 5.41) is 3.17. The Kier molecular flexibility index (Phi) is 7.97. The third-order valence-corrected chi connectivity index (χ3v) is 6.44. The minimum atomic E-state index is -3.73. The second-order valence-electron chi connectivity index (χ2n) is 6.53.